The summed E-state index contributed by atoms with van der Waals surface area (Å²) in [5.74, 6) is 1.58. The van der Waals surface area contributed by atoms with E-state index in [0.717, 1.165) is 18.8 Å². The summed E-state index contributed by atoms with van der Waals surface area (Å²) in [6.45, 7) is 6.07. The van der Waals surface area contributed by atoms with Crippen molar-refractivity contribution in [2.45, 2.75) is 51.1 Å². The van der Waals surface area contributed by atoms with Crippen molar-refractivity contribution in [3.05, 3.63) is 23.8 Å². The number of nitrogens with two attached hydrogens (primary N) is 1. The highest BCUT2D eigenvalue weighted by atomic mass is 16.5. The number of nitrogens with zero attached hydrogens (tertiary/aromatic N) is 1. The summed E-state index contributed by atoms with van der Waals surface area (Å²) < 4.78 is 5.66. The summed E-state index contributed by atoms with van der Waals surface area (Å²) in [5, 5.41) is 0. The fraction of sp³-hybridized carbons (Fsp3) is 0.625. The van der Waals surface area contributed by atoms with E-state index in [4.69, 9.17) is 10.5 Å². The number of benzene rings is 1. The Morgan fingerprint density at radius 3 is 3.05 bits per heavy atom. The van der Waals surface area contributed by atoms with Gasteiger partial charge in [-0.2, -0.15) is 0 Å². The molecule has 1 fully saturated rings. The van der Waals surface area contributed by atoms with Gasteiger partial charge in [0.1, 0.15) is 5.75 Å². The second kappa shape index (κ2) is 5.04. The van der Waals surface area contributed by atoms with Crippen LogP contribution in [0, 0.1) is 0 Å². The predicted octanol–water partition coefficient (Wildman–Crippen LogP) is 2.89. The largest absolute Gasteiger partial charge is 0.494 e. The summed E-state index contributed by atoms with van der Waals surface area (Å²) in [5.41, 5.74) is 8.92. The Bertz CT molecular complexity index is 458. The summed E-state index contributed by atoms with van der Waals surface area (Å²) in [7, 11) is 0. The summed E-state index contributed by atoms with van der Waals surface area (Å²) in [6, 6.07) is 7.50. The van der Waals surface area contributed by atoms with Gasteiger partial charge in [0.05, 0.1) is 6.61 Å². The highest BCUT2D eigenvalue weighted by molar-refractivity contribution is 5.64. The summed E-state index contributed by atoms with van der Waals surface area (Å²) >= 11 is 0. The average molecular weight is 260 g/mol. The Morgan fingerprint density at radius 2 is 2.32 bits per heavy atom. The Morgan fingerprint density at radius 1 is 1.47 bits per heavy atom. The van der Waals surface area contributed by atoms with E-state index in [9.17, 15) is 0 Å². The Labute approximate surface area is 115 Å². The molecule has 1 saturated heterocycles. The molecule has 0 radical (unpaired) electrons. The number of ether oxygens (including phenoxy) is 1. The standard InChI is InChI=1S/C16H24N2O/c1-3-19-12-6-7-16-14(10-12)13(9-11(2)17)15-5-4-8-18(15)16/h6-7,10-11,13,15H,3-5,8-9,17H2,1-2H3/t11-,13?,15?/m1/s1. The zero-order valence-electron chi connectivity index (χ0n) is 11.9. The fourth-order valence-corrected chi connectivity index (χ4v) is 3.75. The molecule has 104 valence electrons. The van der Waals surface area contributed by atoms with E-state index >= 15 is 0 Å². The topological polar surface area (TPSA) is 38.5 Å². The van der Waals surface area contributed by atoms with Crippen LogP contribution in [-0.2, 0) is 0 Å². The van der Waals surface area contributed by atoms with Crippen molar-refractivity contribution < 1.29 is 4.74 Å². The molecule has 2 aliphatic heterocycles. The average Bonchev–Trinajstić information content (AvgIpc) is 2.93. The molecule has 0 saturated carbocycles. The van der Waals surface area contributed by atoms with Crippen LogP contribution in [0.3, 0.4) is 0 Å². The first kappa shape index (κ1) is 12.8. The van der Waals surface area contributed by atoms with E-state index < -0.39 is 0 Å². The number of rotatable bonds is 4. The summed E-state index contributed by atoms with van der Waals surface area (Å²) in [6.07, 6.45) is 3.69. The maximum absolute atomic E-state index is 6.06. The molecule has 3 rings (SSSR count). The van der Waals surface area contributed by atoms with Gasteiger partial charge in [-0.15, -0.1) is 0 Å². The van der Waals surface area contributed by atoms with Crippen molar-refractivity contribution in [2.75, 3.05) is 18.1 Å². The van der Waals surface area contributed by atoms with Crippen LogP contribution in [0.4, 0.5) is 5.69 Å². The zero-order chi connectivity index (χ0) is 13.4. The minimum Gasteiger partial charge on any atom is -0.494 e. The molecular formula is C16H24N2O. The molecule has 2 unspecified atom stereocenters. The second-order valence-electron chi connectivity index (χ2n) is 5.88. The van der Waals surface area contributed by atoms with Gasteiger partial charge in [-0.3, -0.25) is 0 Å². The molecular weight excluding hydrogens is 236 g/mol. The van der Waals surface area contributed by atoms with Gasteiger partial charge in [0.2, 0.25) is 0 Å². The number of hydrogen-bond acceptors (Lipinski definition) is 3. The van der Waals surface area contributed by atoms with Crippen LogP contribution in [0.5, 0.6) is 5.75 Å². The Balaban J connectivity index is 1.95. The van der Waals surface area contributed by atoms with Gasteiger partial charge in [-0.05, 0) is 56.9 Å². The van der Waals surface area contributed by atoms with E-state index in [1.807, 2.05) is 6.92 Å². The number of fused-ring (bicyclic) bond motifs is 3. The lowest BCUT2D eigenvalue weighted by Crippen LogP contribution is -2.30. The molecule has 2 N–H and O–H groups in total. The smallest absolute Gasteiger partial charge is 0.119 e. The molecule has 0 bridgehead atoms. The quantitative estimate of drug-likeness (QED) is 0.904. The van der Waals surface area contributed by atoms with Gasteiger partial charge in [-0.1, -0.05) is 0 Å². The lowest BCUT2D eigenvalue weighted by molar-refractivity contribution is 0.339. The normalized spacial score (nSPS) is 26.2. The molecule has 3 heteroatoms. The first-order valence-electron chi connectivity index (χ1n) is 7.49. The molecule has 1 aromatic rings. The molecule has 19 heavy (non-hydrogen) atoms. The fourth-order valence-electron chi connectivity index (χ4n) is 3.75. The van der Waals surface area contributed by atoms with Crippen LogP contribution in [0.15, 0.2) is 18.2 Å². The van der Waals surface area contributed by atoms with Crippen LogP contribution in [0.1, 0.15) is 44.6 Å². The van der Waals surface area contributed by atoms with Crippen molar-refractivity contribution in [2.24, 2.45) is 5.73 Å². The Hall–Kier alpha value is -1.22. The van der Waals surface area contributed by atoms with Gasteiger partial charge in [0.15, 0.2) is 0 Å². The predicted molar refractivity (Wildman–Crippen MR) is 79.0 cm³/mol. The number of anilines is 1. The first-order valence-corrected chi connectivity index (χ1v) is 7.49. The number of hydrogen-bond donors (Lipinski definition) is 1. The van der Waals surface area contributed by atoms with Crippen molar-refractivity contribution >= 4 is 5.69 Å². The lowest BCUT2D eigenvalue weighted by atomic mass is 9.88. The SMILES string of the molecule is CCOc1ccc2c(c1)C(C[C@@H](C)N)C1CCCN21. The van der Waals surface area contributed by atoms with E-state index in [1.165, 1.54) is 30.6 Å². The maximum Gasteiger partial charge on any atom is 0.119 e. The van der Waals surface area contributed by atoms with E-state index in [-0.39, 0.29) is 6.04 Å². The van der Waals surface area contributed by atoms with E-state index in [1.54, 1.807) is 0 Å². The third kappa shape index (κ3) is 2.20. The molecule has 0 aliphatic carbocycles. The van der Waals surface area contributed by atoms with Crippen LogP contribution in [-0.4, -0.2) is 25.2 Å². The molecule has 3 nitrogen and oxygen atoms in total. The van der Waals surface area contributed by atoms with Gasteiger partial charge in [0.25, 0.3) is 0 Å². The van der Waals surface area contributed by atoms with Gasteiger partial charge < -0.3 is 15.4 Å². The van der Waals surface area contributed by atoms with Crippen molar-refractivity contribution in [3.8, 4) is 5.75 Å². The minimum absolute atomic E-state index is 0.258. The summed E-state index contributed by atoms with van der Waals surface area (Å²) in [4.78, 5) is 2.58. The monoisotopic (exact) mass is 260 g/mol. The third-order valence-electron chi connectivity index (χ3n) is 4.41. The van der Waals surface area contributed by atoms with Crippen molar-refractivity contribution in [3.63, 3.8) is 0 Å². The van der Waals surface area contributed by atoms with Crippen LogP contribution in [0.2, 0.25) is 0 Å². The molecule has 2 aliphatic rings. The molecule has 2 heterocycles. The van der Waals surface area contributed by atoms with Crippen LogP contribution in [0.25, 0.3) is 0 Å². The highest BCUT2D eigenvalue weighted by Gasteiger charge is 2.41. The van der Waals surface area contributed by atoms with Crippen LogP contribution >= 0.6 is 0 Å². The zero-order valence-corrected chi connectivity index (χ0v) is 11.9. The lowest BCUT2D eigenvalue weighted by Gasteiger charge is -2.23. The highest BCUT2D eigenvalue weighted by Crippen LogP contribution is 2.48. The Kier molecular flexibility index (Phi) is 3.40. The van der Waals surface area contributed by atoms with E-state index in [2.05, 4.69) is 30.0 Å². The molecule has 0 aromatic heterocycles. The van der Waals surface area contributed by atoms with Crippen molar-refractivity contribution in [1.82, 2.24) is 0 Å². The molecule has 0 spiro atoms. The van der Waals surface area contributed by atoms with Gasteiger partial charge in [-0.25, -0.2) is 0 Å². The molecule has 3 atom stereocenters. The second-order valence-corrected chi connectivity index (χ2v) is 5.88. The van der Waals surface area contributed by atoms with Crippen molar-refractivity contribution in [1.29, 1.82) is 0 Å². The maximum atomic E-state index is 6.06. The minimum atomic E-state index is 0.258. The van der Waals surface area contributed by atoms with E-state index in [0.29, 0.717) is 12.0 Å². The van der Waals surface area contributed by atoms with Crippen LogP contribution < -0.4 is 15.4 Å². The van der Waals surface area contributed by atoms with Gasteiger partial charge >= 0.3 is 0 Å². The molecule has 1 aromatic carbocycles. The third-order valence-corrected chi connectivity index (χ3v) is 4.41. The van der Waals surface area contributed by atoms with Gasteiger partial charge in [0, 0.05) is 30.2 Å². The molecule has 0 amide bonds. The first-order chi connectivity index (χ1) is 9.20.